The maximum absolute atomic E-state index is 12.8. The molecule has 3 heteroatoms. The summed E-state index contributed by atoms with van der Waals surface area (Å²) in [4.78, 5) is 15.6. The predicted molar refractivity (Wildman–Crippen MR) is 118 cm³/mol. The van der Waals surface area contributed by atoms with Gasteiger partial charge in [-0.25, -0.2) is 0 Å². The summed E-state index contributed by atoms with van der Waals surface area (Å²) in [6.45, 7) is 0. The van der Waals surface area contributed by atoms with Crippen LogP contribution in [0, 0.1) is 11.3 Å². The molecule has 0 saturated carbocycles. The van der Waals surface area contributed by atoms with Gasteiger partial charge in [0.1, 0.15) is 11.6 Å². The first-order valence-corrected chi connectivity index (χ1v) is 9.39. The van der Waals surface area contributed by atoms with Crippen molar-refractivity contribution in [3.05, 3.63) is 107 Å². The van der Waals surface area contributed by atoms with Crippen molar-refractivity contribution in [1.29, 1.82) is 5.26 Å². The Bertz CT molecular complexity index is 1480. The van der Waals surface area contributed by atoms with Crippen LogP contribution in [-0.2, 0) is 0 Å². The van der Waals surface area contributed by atoms with Crippen LogP contribution in [0.4, 0.5) is 0 Å². The van der Waals surface area contributed by atoms with E-state index in [-0.39, 0.29) is 11.1 Å². The number of aromatic amines is 1. The minimum absolute atomic E-state index is 0.130. The molecule has 4 aromatic carbocycles. The van der Waals surface area contributed by atoms with E-state index in [4.69, 9.17) is 0 Å². The third kappa shape index (κ3) is 2.88. The van der Waals surface area contributed by atoms with Gasteiger partial charge in [-0.3, -0.25) is 4.79 Å². The number of pyridine rings is 1. The van der Waals surface area contributed by atoms with Crippen molar-refractivity contribution in [2.75, 3.05) is 0 Å². The predicted octanol–water partition coefficient (Wildman–Crippen LogP) is 5.89. The first-order chi connectivity index (χ1) is 14.2. The van der Waals surface area contributed by atoms with Crippen LogP contribution in [0.5, 0.6) is 0 Å². The highest BCUT2D eigenvalue weighted by Gasteiger charge is 2.14. The van der Waals surface area contributed by atoms with Gasteiger partial charge in [0, 0.05) is 11.3 Å². The molecule has 5 aromatic rings. The van der Waals surface area contributed by atoms with Crippen molar-refractivity contribution < 1.29 is 0 Å². The monoisotopic (exact) mass is 372 g/mol. The van der Waals surface area contributed by atoms with Crippen molar-refractivity contribution in [3.8, 4) is 28.5 Å². The van der Waals surface area contributed by atoms with E-state index in [1.807, 2.05) is 78.9 Å². The SMILES string of the molecule is N#Cc1c(-c2cccc3ccccc23)cc(-c2ccc3ccccc3c2)[nH]c1=O. The largest absolute Gasteiger partial charge is 0.321 e. The molecule has 1 aromatic heterocycles. The highest BCUT2D eigenvalue weighted by Crippen LogP contribution is 2.32. The van der Waals surface area contributed by atoms with Gasteiger partial charge >= 0.3 is 0 Å². The van der Waals surface area contributed by atoms with Crippen molar-refractivity contribution in [2.24, 2.45) is 0 Å². The molecule has 0 amide bonds. The van der Waals surface area contributed by atoms with Gasteiger partial charge in [0.25, 0.3) is 5.56 Å². The summed E-state index contributed by atoms with van der Waals surface area (Å²) in [5, 5.41) is 14.0. The molecule has 0 fully saturated rings. The zero-order valence-corrected chi connectivity index (χ0v) is 15.5. The van der Waals surface area contributed by atoms with Crippen molar-refractivity contribution >= 4 is 21.5 Å². The molecule has 136 valence electrons. The topological polar surface area (TPSA) is 56.6 Å². The molecule has 0 spiro atoms. The van der Waals surface area contributed by atoms with Gasteiger partial charge in [-0.15, -0.1) is 0 Å². The van der Waals surface area contributed by atoms with Gasteiger partial charge in [-0.05, 0) is 44.8 Å². The van der Waals surface area contributed by atoms with E-state index in [1.54, 1.807) is 0 Å². The fraction of sp³-hybridized carbons (Fsp3) is 0. The number of fused-ring (bicyclic) bond motifs is 2. The van der Waals surface area contributed by atoms with Crippen LogP contribution >= 0.6 is 0 Å². The maximum Gasteiger partial charge on any atom is 0.266 e. The van der Waals surface area contributed by atoms with Crippen LogP contribution in [0.2, 0.25) is 0 Å². The molecule has 29 heavy (non-hydrogen) atoms. The Hall–Kier alpha value is -4.16. The molecule has 0 saturated heterocycles. The lowest BCUT2D eigenvalue weighted by Gasteiger charge is -2.11. The molecule has 0 aliphatic heterocycles. The molecule has 0 atom stereocenters. The van der Waals surface area contributed by atoms with E-state index in [9.17, 15) is 10.1 Å². The molecule has 0 bridgehead atoms. The van der Waals surface area contributed by atoms with E-state index >= 15 is 0 Å². The third-order valence-corrected chi connectivity index (χ3v) is 5.29. The van der Waals surface area contributed by atoms with Crippen molar-refractivity contribution in [2.45, 2.75) is 0 Å². The van der Waals surface area contributed by atoms with Crippen LogP contribution in [0.15, 0.2) is 95.8 Å². The van der Waals surface area contributed by atoms with Crippen LogP contribution < -0.4 is 5.56 Å². The van der Waals surface area contributed by atoms with E-state index in [0.29, 0.717) is 11.3 Å². The Kier molecular flexibility index (Phi) is 3.97. The Balaban J connectivity index is 1.79. The summed E-state index contributed by atoms with van der Waals surface area (Å²) in [5.41, 5.74) is 2.89. The summed E-state index contributed by atoms with van der Waals surface area (Å²) in [6, 6.07) is 32.1. The summed E-state index contributed by atoms with van der Waals surface area (Å²) in [5.74, 6) is 0. The lowest BCUT2D eigenvalue weighted by atomic mass is 9.94. The van der Waals surface area contributed by atoms with Crippen LogP contribution in [0.25, 0.3) is 43.9 Å². The van der Waals surface area contributed by atoms with E-state index in [2.05, 4.69) is 23.2 Å². The van der Waals surface area contributed by atoms with Gasteiger partial charge in [0.15, 0.2) is 0 Å². The molecule has 1 heterocycles. The zero-order valence-electron chi connectivity index (χ0n) is 15.5. The van der Waals surface area contributed by atoms with Gasteiger partial charge in [-0.2, -0.15) is 5.26 Å². The quantitative estimate of drug-likeness (QED) is 0.420. The average Bonchev–Trinajstić information content (AvgIpc) is 2.78. The number of hydrogen-bond donors (Lipinski definition) is 1. The molecule has 0 radical (unpaired) electrons. The molecule has 5 rings (SSSR count). The Morgan fingerprint density at radius 1 is 0.690 bits per heavy atom. The Morgan fingerprint density at radius 3 is 2.24 bits per heavy atom. The lowest BCUT2D eigenvalue weighted by Crippen LogP contribution is -2.12. The van der Waals surface area contributed by atoms with Crippen LogP contribution in [0.3, 0.4) is 0 Å². The number of hydrogen-bond acceptors (Lipinski definition) is 2. The number of nitriles is 1. The number of aromatic nitrogens is 1. The van der Waals surface area contributed by atoms with E-state index in [0.717, 1.165) is 32.7 Å². The summed E-state index contributed by atoms with van der Waals surface area (Å²) in [6.07, 6.45) is 0. The zero-order chi connectivity index (χ0) is 19.8. The van der Waals surface area contributed by atoms with Crippen LogP contribution in [0.1, 0.15) is 5.56 Å². The standard InChI is InChI=1S/C26H16N2O/c27-16-24-23(22-11-5-9-18-7-3-4-10-21(18)22)15-25(28-26(24)29)20-13-12-17-6-1-2-8-19(17)14-20/h1-15H,(H,28,29). The Labute approximate surface area is 167 Å². The van der Waals surface area contributed by atoms with E-state index in [1.165, 1.54) is 0 Å². The number of benzene rings is 4. The highest BCUT2D eigenvalue weighted by atomic mass is 16.1. The third-order valence-electron chi connectivity index (χ3n) is 5.29. The van der Waals surface area contributed by atoms with Gasteiger partial charge < -0.3 is 4.98 Å². The minimum Gasteiger partial charge on any atom is -0.321 e. The molecule has 0 unspecified atom stereocenters. The number of rotatable bonds is 2. The van der Waals surface area contributed by atoms with Gasteiger partial charge in [0.05, 0.1) is 0 Å². The maximum atomic E-state index is 12.8. The number of nitrogens with zero attached hydrogens (tertiary/aromatic N) is 1. The first kappa shape index (κ1) is 17.0. The van der Waals surface area contributed by atoms with E-state index < -0.39 is 0 Å². The average molecular weight is 372 g/mol. The van der Waals surface area contributed by atoms with Crippen LogP contribution in [-0.4, -0.2) is 4.98 Å². The molecule has 0 aliphatic carbocycles. The molecule has 3 nitrogen and oxygen atoms in total. The second-order valence-corrected chi connectivity index (χ2v) is 7.00. The van der Waals surface area contributed by atoms with Crippen molar-refractivity contribution in [1.82, 2.24) is 4.98 Å². The minimum atomic E-state index is -0.374. The molecular formula is C26H16N2O. The fourth-order valence-electron chi connectivity index (χ4n) is 3.86. The molecule has 1 N–H and O–H groups in total. The van der Waals surface area contributed by atoms with Gasteiger partial charge in [-0.1, -0.05) is 78.9 Å². The fourth-order valence-corrected chi connectivity index (χ4v) is 3.86. The smallest absolute Gasteiger partial charge is 0.266 e. The second kappa shape index (κ2) is 6.78. The first-order valence-electron chi connectivity index (χ1n) is 9.39. The molecular weight excluding hydrogens is 356 g/mol. The number of nitrogens with one attached hydrogen (secondary N) is 1. The summed E-state index contributed by atoms with van der Waals surface area (Å²) >= 11 is 0. The summed E-state index contributed by atoms with van der Waals surface area (Å²) < 4.78 is 0. The summed E-state index contributed by atoms with van der Waals surface area (Å²) in [7, 11) is 0. The normalized spacial score (nSPS) is 10.9. The Morgan fingerprint density at radius 2 is 1.41 bits per heavy atom. The van der Waals surface area contributed by atoms with Gasteiger partial charge in [0.2, 0.25) is 0 Å². The number of H-pyrrole nitrogens is 1. The second-order valence-electron chi connectivity index (χ2n) is 7.00. The van der Waals surface area contributed by atoms with Crippen molar-refractivity contribution in [3.63, 3.8) is 0 Å². The molecule has 0 aliphatic rings. The highest BCUT2D eigenvalue weighted by molar-refractivity contribution is 5.98. The lowest BCUT2D eigenvalue weighted by molar-refractivity contribution is 1.22.